The monoisotopic (exact) mass is 498 g/mol. The smallest absolute Gasteiger partial charge is 0.229 e. The second-order valence-corrected chi connectivity index (χ2v) is 10.9. The number of anilines is 2. The van der Waals surface area contributed by atoms with Crippen molar-refractivity contribution in [2.75, 3.05) is 18.9 Å². The standard InChI is InChI=1S/C29H31FN6O/c1-3-29(37)10-8-18-6-7-25(33-26(18)29)36-16-24(30)23-14-31-28(34-27(23)36)32-20-12-19-15-35(2)11-9-21(19)22(13-20)17-4-5-17/h6-7,12-14,16-17,37H,3-5,8-11,15H2,1-2H3,(H,31,32,34)/t29-/m0/s1. The first-order valence-electron chi connectivity index (χ1n) is 13.3. The van der Waals surface area contributed by atoms with E-state index in [1.807, 2.05) is 19.1 Å². The van der Waals surface area contributed by atoms with Gasteiger partial charge in [-0.25, -0.2) is 14.4 Å². The third-order valence-corrected chi connectivity index (χ3v) is 8.38. The number of likely N-dealkylation sites (N-methyl/N-ethyl adjacent to an activating group) is 1. The summed E-state index contributed by atoms with van der Waals surface area (Å²) in [4.78, 5) is 16.3. The molecule has 1 fully saturated rings. The minimum atomic E-state index is -0.936. The molecule has 0 bridgehead atoms. The second kappa shape index (κ2) is 8.33. The molecule has 4 aromatic rings. The summed E-state index contributed by atoms with van der Waals surface area (Å²) in [6.45, 7) is 3.99. The quantitative estimate of drug-likeness (QED) is 0.398. The fraction of sp³-hybridized carbons (Fsp3) is 0.414. The van der Waals surface area contributed by atoms with Crippen molar-refractivity contribution in [3.63, 3.8) is 0 Å². The highest BCUT2D eigenvalue weighted by Crippen LogP contribution is 2.45. The molecule has 1 aromatic carbocycles. The molecular weight excluding hydrogens is 467 g/mol. The Morgan fingerprint density at radius 3 is 2.84 bits per heavy atom. The Balaban J connectivity index is 1.27. The van der Waals surface area contributed by atoms with Crippen LogP contribution in [0.25, 0.3) is 16.9 Å². The molecular formula is C29H31FN6O. The lowest BCUT2D eigenvalue weighted by molar-refractivity contribution is 0.0306. The number of benzene rings is 1. The molecule has 1 aliphatic heterocycles. The average Bonchev–Trinajstić information content (AvgIpc) is 3.63. The number of hydrogen-bond acceptors (Lipinski definition) is 6. The van der Waals surface area contributed by atoms with Gasteiger partial charge in [0.05, 0.1) is 11.1 Å². The van der Waals surface area contributed by atoms with Gasteiger partial charge in [-0.05, 0) is 91.9 Å². The molecule has 7 nitrogen and oxygen atoms in total. The van der Waals surface area contributed by atoms with Gasteiger partial charge in [0.1, 0.15) is 11.4 Å². The van der Waals surface area contributed by atoms with Crippen molar-refractivity contribution >= 4 is 22.7 Å². The van der Waals surface area contributed by atoms with E-state index in [4.69, 9.17) is 9.97 Å². The number of pyridine rings is 1. The summed E-state index contributed by atoms with van der Waals surface area (Å²) in [6.07, 6.45) is 8.57. The number of rotatable bonds is 5. The third kappa shape index (κ3) is 3.81. The number of nitrogens with one attached hydrogen (secondary N) is 1. The maximum atomic E-state index is 14.9. The largest absolute Gasteiger partial charge is 0.384 e. The summed E-state index contributed by atoms with van der Waals surface area (Å²) in [7, 11) is 2.16. The number of nitrogens with zero attached hydrogens (tertiary/aromatic N) is 5. The molecule has 2 N–H and O–H groups in total. The Labute approximate surface area is 215 Å². The number of fused-ring (bicyclic) bond motifs is 3. The number of halogens is 1. The molecule has 190 valence electrons. The third-order valence-electron chi connectivity index (χ3n) is 8.38. The molecule has 8 heteroatoms. The van der Waals surface area contributed by atoms with Gasteiger partial charge >= 0.3 is 0 Å². The predicted octanol–water partition coefficient (Wildman–Crippen LogP) is 5.11. The van der Waals surface area contributed by atoms with Crippen LogP contribution in [-0.4, -0.2) is 43.1 Å². The Bertz CT molecular complexity index is 1540. The van der Waals surface area contributed by atoms with E-state index in [1.165, 1.54) is 41.9 Å². The molecule has 1 saturated carbocycles. The first-order valence-corrected chi connectivity index (χ1v) is 13.3. The maximum absolute atomic E-state index is 14.9. The predicted molar refractivity (Wildman–Crippen MR) is 141 cm³/mol. The van der Waals surface area contributed by atoms with Crippen LogP contribution in [0.15, 0.2) is 36.7 Å². The van der Waals surface area contributed by atoms with E-state index >= 15 is 0 Å². The topological polar surface area (TPSA) is 79.1 Å². The molecule has 0 saturated heterocycles. The van der Waals surface area contributed by atoms with Crippen LogP contribution < -0.4 is 5.32 Å². The molecule has 2 aliphatic carbocycles. The average molecular weight is 499 g/mol. The van der Waals surface area contributed by atoms with E-state index in [-0.39, 0.29) is 0 Å². The van der Waals surface area contributed by atoms with Crippen molar-refractivity contribution in [1.29, 1.82) is 0 Å². The van der Waals surface area contributed by atoms with E-state index in [9.17, 15) is 9.50 Å². The Kier molecular flexibility index (Phi) is 5.13. The highest BCUT2D eigenvalue weighted by atomic mass is 19.1. The van der Waals surface area contributed by atoms with Gasteiger partial charge in [0, 0.05) is 31.2 Å². The summed E-state index contributed by atoms with van der Waals surface area (Å²) in [5.41, 5.74) is 6.54. The van der Waals surface area contributed by atoms with Gasteiger partial charge in [0.15, 0.2) is 11.5 Å². The first kappa shape index (κ1) is 22.8. The molecule has 7 rings (SSSR count). The molecule has 37 heavy (non-hydrogen) atoms. The van der Waals surface area contributed by atoms with Gasteiger partial charge in [-0.3, -0.25) is 4.57 Å². The lowest BCUT2D eigenvalue weighted by Crippen LogP contribution is -2.27. The lowest BCUT2D eigenvalue weighted by atomic mass is 9.91. The van der Waals surface area contributed by atoms with Crippen LogP contribution in [0, 0.1) is 5.82 Å². The normalized spacial score (nSPS) is 21.3. The lowest BCUT2D eigenvalue weighted by Gasteiger charge is -2.28. The molecule has 3 aliphatic rings. The highest BCUT2D eigenvalue weighted by molar-refractivity contribution is 5.79. The molecule has 0 unspecified atom stereocenters. The van der Waals surface area contributed by atoms with Crippen molar-refractivity contribution < 1.29 is 9.50 Å². The zero-order valence-electron chi connectivity index (χ0n) is 21.3. The van der Waals surface area contributed by atoms with Crippen LogP contribution in [0.3, 0.4) is 0 Å². The molecule has 1 atom stereocenters. The van der Waals surface area contributed by atoms with Crippen LogP contribution in [0.2, 0.25) is 0 Å². The minimum absolute atomic E-state index is 0.337. The van der Waals surface area contributed by atoms with E-state index in [0.29, 0.717) is 47.3 Å². The fourth-order valence-corrected chi connectivity index (χ4v) is 6.06. The van der Waals surface area contributed by atoms with Crippen molar-refractivity contribution in [3.05, 3.63) is 70.4 Å². The van der Waals surface area contributed by atoms with Crippen LogP contribution in [-0.2, 0) is 25.0 Å². The SMILES string of the molecule is CC[C@]1(O)CCc2ccc(-n3cc(F)c4cnc(Nc5cc6c(c(C7CC7)c5)CCN(C)C6)nc43)nc21. The molecule has 0 spiro atoms. The fourth-order valence-electron chi connectivity index (χ4n) is 6.06. The molecule has 0 radical (unpaired) electrons. The van der Waals surface area contributed by atoms with E-state index in [0.717, 1.165) is 37.2 Å². The van der Waals surface area contributed by atoms with E-state index < -0.39 is 11.4 Å². The summed E-state index contributed by atoms with van der Waals surface area (Å²) in [6, 6.07) is 8.31. The van der Waals surface area contributed by atoms with Crippen LogP contribution in [0.4, 0.5) is 16.0 Å². The second-order valence-electron chi connectivity index (χ2n) is 10.9. The Morgan fingerprint density at radius 2 is 2.03 bits per heavy atom. The van der Waals surface area contributed by atoms with Crippen molar-refractivity contribution in [1.82, 2.24) is 24.4 Å². The number of aliphatic hydroxyl groups is 1. The summed E-state index contributed by atoms with van der Waals surface area (Å²) < 4.78 is 16.6. The number of aromatic nitrogens is 4. The van der Waals surface area contributed by atoms with Crippen LogP contribution >= 0.6 is 0 Å². The minimum Gasteiger partial charge on any atom is -0.384 e. The highest BCUT2D eigenvalue weighted by Gasteiger charge is 2.37. The maximum Gasteiger partial charge on any atom is 0.229 e. The molecule has 4 heterocycles. The van der Waals surface area contributed by atoms with Crippen LogP contribution in [0.5, 0.6) is 0 Å². The van der Waals surface area contributed by atoms with Gasteiger partial charge in [0.2, 0.25) is 5.95 Å². The van der Waals surface area contributed by atoms with Gasteiger partial charge in [-0.2, -0.15) is 4.98 Å². The molecule has 3 aromatic heterocycles. The summed E-state index contributed by atoms with van der Waals surface area (Å²) in [5.74, 6) is 1.21. The van der Waals surface area contributed by atoms with Gasteiger partial charge in [0.25, 0.3) is 0 Å². The van der Waals surface area contributed by atoms with Crippen molar-refractivity contribution in [3.8, 4) is 5.82 Å². The van der Waals surface area contributed by atoms with E-state index in [2.05, 4.69) is 34.4 Å². The van der Waals surface area contributed by atoms with Crippen LogP contribution in [0.1, 0.15) is 66.5 Å². The Hall–Kier alpha value is -3.36. The molecule has 0 amide bonds. The van der Waals surface area contributed by atoms with Gasteiger partial charge < -0.3 is 15.3 Å². The number of aryl methyl sites for hydroxylation is 1. The van der Waals surface area contributed by atoms with Gasteiger partial charge in [-0.15, -0.1) is 0 Å². The van der Waals surface area contributed by atoms with E-state index in [1.54, 1.807) is 4.57 Å². The van der Waals surface area contributed by atoms with Crippen molar-refractivity contribution in [2.24, 2.45) is 0 Å². The van der Waals surface area contributed by atoms with Gasteiger partial charge in [-0.1, -0.05) is 13.0 Å². The summed E-state index contributed by atoms with van der Waals surface area (Å²) in [5, 5.41) is 14.8. The summed E-state index contributed by atoms with van der Waals surface area (Å²) >= 11 is 0. The first-order chi connectivity index (χ1) is 17.9. The Morgan fingerprint density at radius 1 is 1.16 bits per heavy atom. The van der Waals surface area contributed by atoms with Crippen molar-refractivity contribution in [2.45, 2.75) is 63.5 Å². The zero-order chi connectivity index (χ0) is 25.3. The number of hydrogen-bond donors (Lipinski definition) is 2. The zero-order valence-corrected chi connectivity index (χ0v) is 21.3.